The summed E-state index contributed by atoms with van der Waals surface area (Å²) in [5, 5.41) is 6.87. The van der Waals surface area contributed by atoms with Gasteiger partial charge < -0.3 is 15.5 Å². The first-order chi connectivity index (χ1) is 12.6. The van der Waals surface area contributed by atoms with E-state index in [0.29, 0.717) is 18.1 Å². The minimum Gasteiger partial charge on any atom is -0.333 e. The number of para-hydroxylation sites is 1. The maximum Gasteiger partial charge on any atom is 0.231 e. The van der Waals surface area contributed by atoms with Crippen molar-refractivity contribution in [3.8, 4) is 0 Å². The van der Waals surface area contributed by atoms with Gasteiger partial charge in [0.25, 0.3) is 0 Å². The number of nitrogens with one attached hydrogen (secondary N) is 2. The molecule has 2 unspecified atom stereocenters. The van der Waals surface area contributed by atoms with Gasteiger partial charge in [-0.05, 0) is 29.3 Å². The monoisotopic (exact) mass is 369 g/mol. The average molecular weight is 370 g/mol. The molecule has 6 heteroatoms. The fourth-order valence-electron chi connectivity index (χ4n) is 3.81. The lowest BCUT2D eigenvalue weighted by atomic mass is 9.88. The Labute approximate surface area is 157 Å². The van der Waals surface area contributed by atoms with E-state index in [-0.39, 0.29) is 24.3 Å². The first kappa shape index (κ1) is 17.1. The molecule has 0 saturated carbocycles. The fraction of sp³-hybridized carbons (Fsp3) is 0.300. The Kier molecular flexibility index (Phi) is 4.66. The van der Waals surface area contributed by atoms with Crippen LogP contribution in [0, 0.1) is 0 Å². The fourth-order valence-corrected chi connectivity index (χ4v) is 4.01. The van der Waals surface area contributed by atoms with E-state index in [1.165, 1.54) is 0 Å². The maximum absolute atomic E-state index is 13.4. The number of carbonyl (C=O) groups excluding carboxylic acids is 2. The van der Waals surface area contributed by atoms with Crippen LogP contribution in [-0.2, 0) is 9.59 Å². The molecule has 1 saturated heterocycles. The van der Waals surface area contributed by atoms with Gasteiger partial charge in [0.15, 0.2) is 0 Å². The molecule has 2 N–H and O–H groups in total. The molecule has 0 spiro atoms. The first-order valence-electron chi connectivity index (χ1n) is 8.79. The number of benzene rings is 2. The lowest BCUT2D eigenvalue weighted by Gasteiger charge is -2.39. The zero-order valence-electron chi connectivity index (χ0n) is 14.2. The minimum absolute atomic E-state index is 0.00113. The van der Waals surface area contributed by atoms with Gasteiger partial charge in [-0.3, -0.25) is 9.59 Å². The summed E-state index contributed by atoms with van der Waals surface area (Å²) < 4.78 is 0. The number of hydrogen-bond donors (Lipinski definition) is 2. The molecule has 2 aliphatic rings. The van der Waals surface area contributed by atoms with Crippen LogP contribution in [0.25, 0.3) is 0 Å². The van der Waals surface area contributed by atoms with Gasteiger partial charge in [-0.2, -0.15) is 0 Å². The third kappa shape index (κ3) is 3.20. The molecule has 2 atom stereocenters. The number of amides is 2. The summed E-state index contributed by atoms with van der Waals surface area (Å²) in [5.41, 5.74) is 2.63. The van der Waals surface area contributed by atoms with Crippen molar-refractivity contribution in [2.75, 3.05) is 25.0 Å². The summed E-state index contributed by atoms with van der Waals surface area (Å²) in [7, 11) is 0. The van der Waals surface area contributed by atoms with Gasteiger partial charge in [-0.1, -0.05) is 41.9 Å². The molecule has 134 valence electrons. The highest BCUT2D eigenvalue weighted by atomic mass is 35.5. The molecular weight excluding hydrogens is 350 g/mol. The van der Waals surface area contributed by atoms with Crippen LogP contribution in [0.1, 0.15) is 29.5 Å². The summed E-state index contributed by atoms with van der Waals surface area (Å²) in [6, 6.07) is 15.1. The zero-order valence-corrected chi connectivity index (χ0v) is 15.0. The number of piperazine rings is 1. The maximum atomic E-state index is 13.4. The number of rotatable bonds is 2. The van der Waals surface area contributed by atoms with E-state index >= 15 is 0 Å². The SMILES string of the molecule is O=C1CC(C(=O)N2CCNCC2c2cccc(Cl)c2)c2ccccc2N1. The number of carbonyl (C=O) groups is 2. The second kappa shape index (κ2) is 7.09. The van der Waals surface area contributed by atoms with Crippen LogP contribution in [0.15, 0.2) is 48.5 Å². The molecule has 0 bridgehead atoms. The van der Waals surface area contributed by atoms with E-state index in [9.17, 15) is 9.59 Å². The lowest BCUT2D eigenvalue weighted by molar-refractivity contribution is -0.138. The smallest absolute Gasteiger partial charge is 0.231 e. The third-order valence-corrected chi connectivity index (χ3v) is 5.29. The van der Waals surface area contributed by atoms with Crippen molar-refractivity contribution >= 4 is 29.1 Å². The predicted molar refractivity (Wildman–Crippen MR) is 101 cm³/mol. The number of fused-ring (bicyclic) bond motifs is 1. The van der Waals surface area contributed by atoms with Crippen molar-refractivity contribution in [1.82, 2.24) is 10.2 Å². The highest BCUT2D eigenvalue weighted by Gasteiger charge is 2.37. The highest BCUT2D eigenvalue weighted by Crippen LogP contribution is 2.36. The van der Waals surface area contributed by atoms with Crippen molar-refractivity contribution in [3.63, 3.8) is 0 Å². The Hall–Kier alpha value is -2.37. The van der Waals surface area contributed by atoms with E-state index < -0.39 is 5.92 Å². The van der Waals surface area contributed by atoms with Gasteiger partial charge in [0.2, 0.25) is 11.8 Å². The molecule has 1 fully saturated rings. The predicted octanol–water partition coefficient (Wildman–Crippen LogP) is 2.94. The van der Waals surface area contributed by atoms with Crippen molar-refractivity contribution in [2.45, 2.75) is 18.4 Å². The third-order valence-electron chi connectivity index (χ3n) is 5.06. The summed E-state index contributed by atoms with van der Waals surface area (Å²) in [6.07, 6.45) is 0.183. The Morgan fingerprint density at radius 1 is 1.15 bits per heavy atom. The molecule has 5 nitrogen and oxygen atoms in total. The van der Waals surface area contributed by atoms with Crippen LogP contribution in [0.2, 0.25) is 5.02 Å². The number of anilines is 1. The van der Waals surface area contributed by atoms with Gasteiger partial charge in [0.05, 0.1) is 12.0 Å². The average Bonchev–Trinajstić information content (AvgIpc) is 2.67. The molecule has 2 amide bonds. The Balaban J connectivity index is 1.67. The standard InChI is InChI=1S/C20H20ClN3O2/c21-14-5-3-4-13(10-14)18-12-22-8-9-24(18)20(26)16-11-19(25)23-17-7-2-1-6-15(16)17/h1-7,10,16,18,22H,8-9,11-12H2,(H,23,25). The van der Waals surface area contributed by atoms with Crippen LogP contribution in [0.4, 0.5) is 5.69 Å². The largest absolute Gasteiger partial charge is 0.333 e. The zero-order chi connectivity index (χ0) is 18.1. The van der Waals surface area contributed by atoms with E-state index in [1.54, 1.807) is 0 Å². The molecule has 26 heavy (non-hydrogen) atoms. The molecule has 2 aromatic carbocycles. The molecule has 2 heterocycles. The van der Waals surface area contributed by atoms with Crippen LogP contribution in [-0.4, -0.2) is 36.3 Å². The normalized spacial score (nSPS) is 22.5. The minimum atomic E-state index is -0.445. The highest BCUT2D eigenvalue weighted by molar-refractivity contribution is 6.30. The molecule has 0 aromatic heterocycles. The van der Waals surface area contributed by atoms with Crippen LogP contribution >= 0.6 is 11.6 Å². The van der Waals surface area contributed by atoms with Gasteiger partial charge in [-0.15, -0.1) is 0 Å². The summed E-state index contributed by atoms with van der Waals surface area (Å²) >= 11 is 6.15. The van der Waals surface area contributed by atoms with Gasteiger partial charge in [0.1, 0.15) is 0 Å². The topological polar surface area (TPSA) is 61.4 Å². The Morgan fingerprint density at radius 2 is 2.00 bits per heavy atom. The number of hydrogen-bond acceptors (Lipinski definition) is 3. The second-order valence-electron chi connectivity index (χ2n) is 6.70. The Bertz CT molecular complexity index is 854. The molecule has 2 aromatic rings. The lowest BCUT2D eigenvalue weighted by Crippen LogP contribution is -2.50. The molecule has 0 aliphatic carbocycles. The van der Waals surface area contributed by atoms with E-state index in [4.69, 9.17) is 11.6 Å². The van der Waals surface area contributed by atoms with Crippen molar-refractivity contribution < 1.29 is 9.59 Å². The van der Waals surface area contributed by atoms with Gasteiger partial charge in [0, 0.05) is 36.8 Å². The quantitative estimate of drug-likeness (QED) is 0.855. The van der Waals surface area contributed by atoms with Crippen LogP contribution in [0.5, 0.6) is 0 Å². The second-order valence-corrected chi connectivity index (χ2v) is 7.14. The van der Waals surface area contributed by atoms with Crippen molar-refractivity contribution in [1.29, 1.82) is 0 Å². The van der Waals surface area contributed by atoms with E-state index in [0.717, 1.165) is 23.4 Å². The summed E-state index contributed by atoms with van der Waals surface area (Å²) in [4.78, 5) is 27.4. The molecular formula is C20H20ClN3O2. The van der Waals surface area contributed by atoms with Gasteiger partial charge in [-0.25, -0.2) is 0 Å². The first-order valence-corrected chi connectivity index (χ1v) is 9.17. The van der Waals surface area contributed by atoms with Crippen LogP contribution in [0.3, 0.4) is 0 Å². The van der Waals surface area contributed by atoms with Crippen molar-refractivity contribution in [3.05, 3.63) is 64.7 Å². The molecule has 2 aliphatic heterocycles. The van der Waals surface area contributed by atoms with E-state index in [2.05, 4.69) is 10.6 Å². The summed E-state index contributed by atoms with van der Waals surface area (Å²) in [5.74, 6) is -0.560. The molecule has 0 radical (unpaired) electrons. The Morgan fingerprint density at radius 3 is 2.85 bits per heavy atom. The van der Waals surface area contributed by atoms with Crippen LogP contribution < -0.4 is 10.6 Å². The number of nitrogens with zero attached hydrogens (tertiary/aromatic N) is 1. The van der Waals surface area contributed by atoms with Crippen molar-refractivity contribution in [2.24, 2.45) is 0 Å². The molecule has 4 rings (SSSR count). The summed E-state index contributed by atoms with van der Waals surface area (Å²) in [6.45, 7) is 2.02. The number of halogens is 1. The van der Waals surface area contributed by atoms with Gasteiger partial charge >= 0.3 is 0 Å². The van der Waals surface area contributed by atoms with E-state index in [1.807, 2.05) is 53.4 Å².